The van der Waals surface area contributed by atoms with Crippen molar-refractivity contribution in [2.24, 2.45) is 0 Å². The molecule has 1 aromatic rings. The minimum atomic E-state index is -3.24. The van der Waals surface area contributed by atoms with Gasteiger partial charge < -0.3 is 13.9 Å². The largest absolute Gasteiger partial charge is 0.331 e. The van der Waals surface area contributed by atoms with E-state index in [2.05, 4.69) is 15.9 Å². The molecule has 0 saturated carbocycles. The van der Waals surface area contributed by atoms with Crippen LogP contribution in [-0.4, -0.2) is 32.8 Å². The lowest BCUT2D eigenvalue weighted by molar-refractivity contribution is -0.118. The van der Waals surface area contributed by atoms with Gasteiger partial charge >= 0.3 is 7.60 Å². The fourth-order valence-corrected chi connectivity index (χ4v) is 5.43. The van der Waals surface area contributed by atoms with Crippen molar-refractivity contribution in [2.45, 2.75) is 25.7 Å². The van der Waals surface area contributed by atoms with Crippen LogP contribution in [0.3, 0.4) is 0 Å². The molecule has 0 N–H and O–H groups in total. The molecule has 23 heavy (non-hydrogen) atoms. The van der Waals surface area contributed by atoms with E-state index in [1.165, 1.54) is 14.2 Å². The summed E-state index contributed by atoms with van der Waals surface area (Å²) in [5.74, 6) is -0.0242. The molecule has 1 unspecified atom stereocenters. The van der Waals surface area contributed by atoms with E-state index in [0.717, 1.165) is 10.0 Å². The SMILES string of the molecule is CCC(=O)N1CC(C)(CP(=O)(OC)OC)c2cc(Br)cc(Cl)c21. The Morgan fingerprint density at radius 3 is 2.57 bits per heavy atom. The molecule has 1 aromatic carbocycles. The molecule has 2 rings (SSSR count). The Bertz CT molecular complexity index is 676. The Morgan fingerprint density at radius 1 is 1.43 bits per heavy atom. The van der Waals surface area contributed by atoms with Gasteiger partial charge in [0.15, 0.2) is 0 Å². The number of hydrogen-bond acceptors (Lipinski definition) is 4. The zero-order valence-electron chi connectivity index (χ0n) is 13.6. The molecule has 1 amide bonds. The summed E-state index contributed by atoms with van der Waals surface area (Å²) in [6, 6.07) is 3.67. The highest BCUT2D eigenvalue weighted by Gasteiger charge is 2.47. The van der Waals surface area contributed by atoms with Crippen LogP contribution in [0.15, 0.2) is 16.6 Å². The van der Waals surface area contributed by atoms with Crippen LogP contribution < -0.4 is 4.90 Å². The van der Waals surface area contributed by atoms with E-state index in [0.29, 0.717) is 23.7 Å². The Labute approximate surface area is 149 Å². The van der Waals surface area contributed by atoms with Crippen molar-refractivity contribution in [2.75, 3.05) is 31.8 Å². The maximum atomic E-state index is 12.6. The van der Waals surface area contributed by atoms with Crippen molar-refractivity contribution in [1.82, 2.24) is 0 Å². The normalized spacial score (nSPS) is 20.7. The average Bonchev–Trinajstić information content (AvgIpc) is 2.79. The number of halogens is 2. The predicted molar refractivity (Wildman–Crippen MR) is 95.6 cm³/mol. The average molecular weight is 425 g/mol. The summed E-state index contributed by atoms with van der Waals surface area (Å²) >= 11 is 9.82. The first-order valence-corrected chi connectivity index (χ1v) is 10.1. The molecule has 0 saturated heterocycles. The smallest absolute Gasteiger partial charge is 0.312 e. The third-order valence-corrected chi connectivity index (χ3v) is 7.10. The molecule has 1 atom stereocenters. The van der Waals surface area contributed by atoms with Gasteiger partial charge in [-0.15, -0.1) is 0 Å². The Balaban J connectivity index is 2.57. The molecular formula is C15H20BrClNO4P. The van der Waals surface area contributed by atoms with Crippen molar-refractivity contribution in [3.05, 3.63) is 27.2 Å². The molecule has 0 bridgehead atoms. The minimum Gasteiger partial charge on any atom is -0.312 e. The van der Waals surface area contributed by atoms with Gasteiger partial charge in [-0.05, 0) is 17.7 Å². The van der Waals surface area contributed by atoms with Gasteiger partial charge in [-0.2, -0.15) is 0 Å². The van der Waals surface area contributed by atoms with Gasteiger partial charge in [-0.1, -0.05) is 41.4 Å². The van der Waals surface area contributed by atoms with E-state index in [1.807, 2.05) is 13.0 Å². The van der Waals surface area contributed by atoms with Crippen molar-refractivity contribution in [3.8, 4) is 0 Å². The lowest BCUT2D eigenvalue weighted by Crippen LogP contribution is -2.37. The van der Waals surface area contributed by atoms with Crippen LogP contribution in [0.5, 0.6) is 0 Å². The van der Waals surface area contributed by atoms with Gasteiger partial charge in [0.2, 0.25) is 5.91 Å². The lowest BCUT2D eigenvalue weighted by atomic mass is 9.87. The van der Waals surface area contributed by atoms with E-state index in [9.17, 15) is 9.36 Å². The van der Waals surface area contributed by atoms with Gasteiger partial charge in [0.25, 0.3) is 0 Å². The van der Waals surface area contributed by atoms with Crippen LogP contribution in [0.2, 0.25) is 5.02 Å². The van der Waals surface area contributed by atoms with E-state index in [-0.39, 0.29) is 12.1 Å². The molecule has 1 aliphatic rings. The van der Waals surface area contributed by atoms with Crippen molar-refractivity contribution >= 4 is 46.7 Å². The summed E-state index contributed by atoms with van der Waals surface area (Å²) in [4.78, 5) is 14.0. The molecular weight excluding hydrogens is 404 g/mol. The summed E-state index contributed by atoms with van der Waals surface area (Å²) in [6.45, 7) is 4.14. The molecule has 1 heterocycles. The lowest BCUT2D eigenvalue weighted by Gasteiger charge is -2.28. The Kier molecular flexibility index (Phi) is 5.64. The summed E-state index contributed by atoms with van der Waals surface area (Å²) in [5.41, 5.74) is 0.978. The summed E-state index contributed by atoms with van der Waals surface area (Å²) in [5, 5.41) is 0.490. The Morgan fingerprint density at radius 2 is 2.04 bits per heavy atom. The number of fused-ring (bicyclic) bond motifs is 1. The van der Waals surface area contributed by atoms with Gasteiger partial charge in [0.05, 0.1) is 16.9 Å². The standard InChI is InChI=1S/C15H20BrClNO4P/c1-5-13(19)18-8-15(2,9-23(20,21-3)22-4)11-6-10(16)7-12(17)14(11)18/h6-7H,5,8-9H2,1-4H3. The quantitative estimate of drug-likeness (QED) is 0.648. The topological polar surface area (TPSA) is 55.8 Å². The van der Waals surface area contributed by atoms with Crippen molar-refractivity contribution < 1.29 is 18.4 Å². The number of anilines is 1. The zero-order chi connectivity index (χ0) is 17.4. The first-order valence-electron chi connectivity index (χ1n) is 7.20. The molecule has 0 aliphatic carbocycles. The molecule has 0 radical (unpaired) electrons. The van der Waals surface area contributed by atoms with E-state index < -0.39 is 13.0 Å². The predicted octanol–water partition coefficient (Wildman–Crippen LogP) is 4.60. The van der Waals surface area contributed by atoms with Gasteiger partial charge in [-0.3, -0.25) is 9.36 Å². The summed E-state index contributed by atoms with van der Waals surface area (Å²) in [6.07, 6.45) is 0.536. The number of nitrogens with zero attached hydrogens (tertiary/aromatic N) is 1. The molecule has 0 aromatic heterocycles. The molecule has 0 spiro atoms. The highest BCUT2D eigenvalue weighted by molar-refractivity contribution is 9.10. The maximum absolute atomic E-state index is 12.6. The monoisotopic (exact) mass is 423 g/mol. The fraction of sp³-hybridized carbons (Fsp3) is 0.533. The molecule has 128 valence electrons. The number of amides is 1. The van der Waals surface area contributed by atoms with Crippen LogP contribution in [0.25, 0.3) is 0 Å². The molecule has 5 nitrogen and oxygen atoms in total. The van der Waals surface area contributed by atoms with E-state index in [4.69, 9.17) is 20.6 Å². The number of carbonyl (C=O) groups is 1. The van der Waals surface area contributed by atoms with Crippen molar-refractivity contribution in [3.63, 3.8) is 0 Å². The summed E-state index contributed by atoms with van der Waals surface area (Å²) in [7, 11) is -0.508. The highest BCUT2D eigenvalue weighted by Crippen LogP contribution is 2.56. The molecule has 1 aliphatic heterocycles. The van der Waals surface area contributed by atoms with Crippen LogP contribution in [0.1, 0.15) is 25.8 Å². The fourth-order valence-electron chi connectivity index (χ4n) is 2.98. The van der Waals surface area contributed by atoms with Crippen LogP contribution in [0, 0.1) is 0 Å². The first kappa shape index (κ1) is 18.9. The third-order valence-electron chi connectivity index (χ3n) is 4.16. The number of carbonyl (C=O) groups excluding carboxylic acids is 1. The number of rotatable bonds is 5. The van der Waals surface area contributed by atoms with Gasteiger partial charge in [-0.25, -0.2) is 0 Å². The maximum Gasteiger partial charge on any atom is 0.331 e. The second-order valence-corrected chi connectivity index (χ2v) is 9.40. The van der Waals surface area contributed by atoms with Crippen LogP contribution in [-0.2, 0) is 23.8 Å². The second kappa shape index (κ2) is 6.85. The summed E-state index contributed by atoms with van der Waals surface area (Å²) < 4.78 is 23.6. The number of benzene rings is 1. The molecule has 0 fully saturated rings. The first-order chi connectivity index (χ1) is 10.7. The minimum absolute atomic E-state index is 0.0242. The van der Waals surface area contributed by atoms with Crippen molar-refractivity contribution in [1.29, 1.82) is 0 Å². The van der Waals surface area contributed by atoms with E-state index in [1.54, 1.807) is 17.9 Å². The van der Waals surface area contributed by atoms with Crippen LogP contribution in [0.4, 0.5) is 5.69 Å². The van der Waals surface area contributed by atoms with Gasteiger partial charge in [0, 0.05) is 37.1 Å². The van der Waals surface area contributed by atoms with E-state index >= 15 is 0 Å². The Hall–Kier alpha value is -0.390. The van der Waals surface area contributed by atoms with Gasteiger partial charge in [0.1, 0.15) is 0 Å². The third kappa shape index (κ3) is 3.52. The number of hydrogen-bond donors (Lipinski definition) is 0. The molecule has 8 heteroatoms. The second-order valence-electron chi connectivity index (χ2n) is 5.81. The van der Waals surface area contributed by atoms with Crippen LogP contribution >= 0.6 is 35.1 Å². The highest BCUT2D eigenvalue weighted by atomic mass is 79.9. The zero-order valence-corrected chi connectivity index (χ0v) is 16.8.